The molecule has 144 valence electrons. The Balaban J connectivity index is 1.56. The number of hydrogen-bond donors (Lipinski definition) is 2. The predicted molar refractivity (Wildman–Crippen MR) is 96.2 cm³/mol. The van der Waals surface area contributed by atoms with Crippen molar-refractivity contribution in [3.05, 3.63) is 78.1 Å². The van der Waals surface area contributed by atoms with Gasteiger partial charge in [0.1, 0.15) is 23.1 Å². The molecular weight excluding hydrogens is 370 g/mol. The van der Waals surface area contributed by atoms with Crippen LogP contribution in [0, 0.1) is 11.6 Å². The Morgan fingerprint density at radius 1 is 0.964 bits per heavy atom. The highest BCUT2D eigenvalue weighted by atomic mass is 19.1. The van der Waals surface area contributed by atoms with Gasteiger partial charge in [-0.3, -0.25) is 20.4 Å². The van der Waals surface area contributed by atoms with E-state index in [2.05, 4.69) is 10.9 Å². The molecule has 0 bridgehead atoms. The molecule has 0 aliphatic carbocycles. The summed E-state index contributed by atoms with van der Waals surface area (Å²) in [4.78, 5) is 24.1. The number of nitrogens with one attached hydrogen (secondary N) is 2. The van der Waals surface area contributed by atoms with Crippen LogP contribution < -0.4 is 15.6 Å². The van der Waals surface area contributed by atoms with E-state index in [9.17, 15) is 18.4 Å². The van der Waals surface area contributed by atoms with Crippen LogP contribution >= 0.6 is 0 Å². The minimum Gasteiger partial charge on any atom is -0.481 e. The highest BCUT2D eigenvalue weighted by Gasteiger charge is 2.18. The normalized spacial score (nSPS) is 11.5. The summed E-state index contributed by atoms with van der Waals surface area (Å²) < 4.78 is 37.3. The molecule has 0 fully saturated rings. The third-order valence-corrected chi connectivity index (χ3v) is 3.76. The lowest BCUT2D eigenvalue weighted by atomic mass is 10.1. The number of ether oxygens (including phenoxy) is 1. The van der Waals surface area contributed by atoms with E-state index in [0.717, 1.165) is 0 Å². The maximum absolute atomic E-state index is 13.8. The van der Waals surface area contributed by atoms with Crippen molar-refractivity contribution in [2.75, 3.05) is 0 Å². The molecule has 0 saturated heterocycles. The predicted octanol–water partition coefficient (Wildman–Crippen LogP) is 3.45. The molecule has 0 aliphatic heterocycles. The Hall–Kier alpha value is -3.68. The van der Waals surface area contributed by atoms with Crippen LogP contribution in [0.25, 0.3) is 11.3 Å². The summed E-state index contributed by atoms with van der Waals surface area (Å²) in [6.45, 7) is 1.47. The lowest BCUT2D eigenvalue weighted by molar-refractivity contribution is -0.128. The first kappa shape index (κ1) is 19.1. The third kappa shape index (κ3) is 4.53. The zero-order chi connectivity index (χ0) is 20.1. The monoisotopic (exact) mass is 386 g/mol. The van der Waals surface area contributed by atoms with Crippen molar-refractivity contribution in [1.29, 1.82) is 0 Å². The molecule has 0 spiro atoms. The maximum atomic E-state index is 13.8. The number of amides is 2. The number of hydrogen-bond acceptors (Lipinski definition) is 4. The number of carbonyl (C=O) groups is 2. The highest BCUT2D eigenvalue weighted by Crippen LogP contribution is 2.24. The molecule has 1 atom stereocenters. The van der Waals surface area contributed by atoms with E-state index in [-0.39, 0.29) is 17.1 Å². The smallest absolute Gasteiger partial charge is 0.305 e. The van der Waals surface area contributed by atoms with Crippen molar-refractivity contribution in [3.8, 4) is 17.1 Å². The number of halogens is 2. The first-order valence-corrected chi connectivity index (χ1v) is 8.31. The maximum Gasteiger partial charge on any atom is 0.305 e. The number of carbonyl (C=O) groups excluding carboxylic acids is 2. The van der Waals surface area contributed by atoms with Crippen molar-refractivity contribution >= 4 is 11.8 Å². The van der Waals surface area contributed by atoms with Crippen LogP contribution in [0.1, 0.15) is 17.5 Å². The molecular formula is C20H16F2N2O4. The molecule has 0 saturated carbocycles. The molecule has 8 heteroatoms. The SMILES string of the molecule is CC(Oc1ccc(F)cc1)C(=O)NNC(=O)c1ccc(-c2ccccc2F)o1. The number of benzene rings is 2. The summed E-state index contributed by atoms with van der Waals surface area (Å²) in [7, 11) is 0. The molecule has 6 nitrogen and oxygen atoms in total. The van der Waals surface area contributed by atoms with Crippen molar-refractivity contribution in [2.24, 2.45) is 0 Å². The Morgan fingerprint density at radius 3 is 2.39 bits per heavy atom. The summed E-state index contributed by atoms with van der Waals surface area (Å²) in [6, 6.07) is 14.0. The van der Waals surface area contributed by atoms with Gasteiger partial charge >= 0.3 is 5.91 Å². The van der Waals surface area contributed by atoms with Crippen molar-refractivity contribution < 1.29 is 27.5 Å². The zero-order valence-corrected chi connectivity index (χ0v) is 14.7. The van der Waals surface area contributed by atoms with Crippen molar-refractivity contribution in [2.45, 2.75) is 13.0 Å². The number of furan rings is 1. The number of rotatable bonds is 5. The molecule has 1 heterocycles. The second kappa shape index (κ2) is 8.34. The molecule has 0 radical (unpaired) electrons. The van der Waals surface area contributed by atoms with Crippen LogP contribution in [0.2, 0.25) is 0 Å². The van der Waals surface area contributed by atoms with Gasteiger partial charge in [-0.25, -0.2) is 8.78 Å². The second-order valence-electron chi connectivity index (χ2n) is 5.80. The fourth-order valence-electron chi connectivity index (χ4n) is 2.32. The van der Waals surface area contributed by atoms with Gasteiger partial charge in [0.15, 0.2) is 11.9 Å². The van der Waals surface area contributed by atoms with Crippen molar-refractivity contribution in [1.82, 2.24) is 10.9 Å². The molecule has 2 N–H and O–H groups in total. The van der Waals surface area contributed by atoms with Crippen LogP contribution in [-0.4, -0.2) is 17.9 Å². The van der Waals surface area contributed by atoms with E-state index in [1.807, 2.05) is 0 Å². The summed E-state index contributed by atoms with van der Waals surface area (Å²) in [6.07, 6.45) is -0.948. The lowest BCUT2D eigenvalue weighted by Gasteiger charge is -2.14. The third-order valence-electron chi connectivity index (χ3n) is 3.76. The average Bonchev–Trinajstić information content (AvgIpc) is 3.18. The Labute approximate surface area is 159 Å². The van der Waals surface area contributed by atoms with E-state index < -0.39 is 29.6 Å². The Kier molecular flexibility index (Phi) is 5.69. The summed E-state index contributed by atoms with van der Waals surface area (Å²) in [5, 5.41) is 0. The van der Waals surface area contributed by atoms with Gasteiger partial charge in [0.25, 0.3) is 5.91 Å². The fraction of sp³-hybridized carbons (Fsp3) is 0.100. The largest absolute Gasteiger partial charge is 0.481 e. The van der Waals surface area contributed by atoms with Gasteiger partial charge < -0.3 is 9.15 Å². The van der Waals surface area contributed by atoms with Crippen LogP contribution in [0.5, 0.6) is 5.75 Å². The molecule has 2 aromatic carbocycles. The zero-order valence-electron chi connectivity index (χ0n) is 14.7. The minimum absolute atomic E-state index is 0.106. The standard InChI is InChI=1S/C20H16F2N2O4/c1-12(27-14-8-6-13(21)7-9-14)19(25)23-24-20(26)18-11-10-17(28-18)15-4-2-3-5-16(15)22/h2-12H,1H3,(H,23,25)(H,24,26). The second-order valence-corrected chi connectivity index (χ2v) is 5.80. The van der Waals surface area contributed by atoms with Crippen LogP contribution in [0.15, 0.2) is 65.1 Å². The molecule has 1 aromatic heterocycles. The molecule has 3 aromatic rings. The molecule has 3 rings (SSSR count). The number of hydrazine groups is 1. The molecule has 2 amide bonds. The first-order valence-electron chi connectivity index (χ1n) is 8.31. The fourth-order valence-corrected chi connectivity index (χ4v) is 2.32. The van der Waals surface area contributed by atoms with Gasteiger partial charge in [-0.15, -0.1) is 0 Å². The van der Waals surface area contributed by atoms with Gasteiger partial charge in [-0.2, -0.15) is 0 Å². The van der Waals surface area contributed by atoms with E-state index >= 15 is 0 Å². The van der Waals surface area contributed by atoms with Gasteiger partial charge in [-0.05, 0) is 55.5 Å². The van der Waals surface area contributed by atoms with E-state index in [4.69, 9.17) is 9.15 Å². The Bertz CT molecular complexity index is 986. The van der Waals surface area contributed by atoms with Crippen LogP contribution in [-0.2, 0) is 4.79 Å². The molecule has 28 heavy (non-hydrogen) atoms. The minimum atomic E-state index is -0.948. The van der Waals surface area contributed by atoms with E-state index in [1.54, 1.807) is 12.1 Å². The quantitative estimate of drug-likeness (QED) is 0.658. The average molecular weight is 386 g/mol. The van der Waals surface area contributed by atoms with Gasteiger partial charge in [0, 0.05) is 0 Å². The van der Waals surface area contributed by atoms with Gasteiger partial charge in [0.2, 0.25) is 0 Å². The molecule has 1 unspecified atom stereocenters. The van der Waals surface area contributed by atoms with Crippen molar-refractivity contribution in [3.63, 3.8) is 0 Å². The van der Waals surface area contributed by atoms with Crippen LogP contribution in [0.3, 0.4) is 0 Å². The van der Waals surface area contributed by atoms with E-state index in [1.165, 1.54) is 55.5 Å². The van der Waals surface area contributed by atoms with Gasteiger partial charge in [0.05, 0.1) is 5.56 Å². The first-order chi connectivity index (χ1) is 13.4. The van der Waals surface area contributed by atoms with E-state index in [0.29, 0.717) is 5.75 Å². The summed E-state index contributed by atoms with van der Waals surface area (Å²) in [5.74, 6) is -1.87. The van der Waals surface area contributed by atoms with Crippen LogP contribution in [0.4, 0.5) is 8.78 Å². The Morgan fingerprint density at radius 2 is 1.68 bits per heavy atom. The topological polar surface area (TPSA) is 80.6 Å². The lowest BCUT2D eigenvalue weighted by Crippen LogP contribution is -2.47. The summed E-state index contributed by atoms with van der Waals surface area (Å²) >= 11 is 0. The van der Waals surface area contributed by atoms with Gasteiger partial charge in [-0.1, -0.05) is 12.1 Å². The molecule has 0 aliphatic rings. The summed E-state index contributed by atoms with van der Waals surface area (Å²) in [5.41, 5.74) is 4.60. The highest BCUT2D eigenvalue weighted by molar-refractivity contribution is 5.94.